The monoisotopic (exact) mass is 237 g/mol. The number of aliphatic imine (C=N–C) groups is 1. The van der Waals surface area contributed by atoms with Crippen molar-refractivity contribution >= 4 is 5.96 Å². The third-order valence-corrected chi connectivity index (χ3v) is 4.99. The summed E-state index contributed by atoms with van der Waals surface area (Å²) in [5.74, 6) is 2.19. The summed E-state index contributed by atoms with van der Waals surface area (Å²) in [5, 5.41) is 3.41. The molecule has 17 heavy (non-hydrogen) atoms. The Morgan fingerprint density at radius 3 is 2.59 bits per heavy atom. The minimum Gasteiger partial charge on any atom is -0.370 e. The molecule has 0 amide bonds. The van der Waals surface area contributed by atoms with Crippen molar-refractivity contribution in [2.75, 3.05) is 6.54 Å². The van der Waals surface area contributed by atoms with Crippen LogP contribution in [0.3, 0.4) is 0 Å². The maximum absolute atomic E-state index is 5.96. The SMILES string of the molecule is CCC1(C(C)C)CC1NC(N)=NCC1CCC1. The molecule has 2 saturated carbocycles. The second-order valence-corrected chi connectivity index (χ2v) is 6.17. The summed E-state index contributed by atoms with van der Waals surface area (Å²) < 4.78 is 0. The van der Waals surface area contributed by atoms with Crippen LogP contribution in [0, 0.1) is 17.3 Å². The van der Waals surface area contributed by atoms with E-state index in [0.717, 1.165) is 18.4 Å². The van der Waals surface area contributed by atoms with E-state index in [0.29, 0.717) is 17.4 Å². The van der Waals surface area contributed by atoms with E-state index in [2.05, 4.69) is 31.1 Å². The highest BCUT2D eigenvalue weighted by atomic mass is 15.1. The number of nitrogens with one attached hydrogen (secondary N) is 1. The normalized spacial score (nSPS) is 33.6. The largest absolute Gasteiger partial charge is 0.370 e. The van der Waals surface area contributed by atoms with Crippen molar-refractivity contribution in [2.45, 2.75) is 58.9 Å². The maximum atomic E-state index is 5.96. The van der Waals surface area contributed by atoms with Gasteiger partial charge in [0.2, 0.25) is 0 Å². The number of hydrogen-bond donors (Lipinski definition) is 2. The van der Waals surface area contributed by atoms with Crippen molar-refractivity contribution < 1.29 is 0 Å². The summed E-state index contributed by atoms with van der Waals surface area (Å²) in [7, 11) is 0. The Morgan fingerprint density at radius 2 is 2.18 bits per heavy atom. The zero-order chi connectivity index (χ0) is 12.5. The van der Waals surface area contributed by atoms with E-state index in [-0.39, 0.29) is 0 Å². The Balaban J connectivity index is 1.77. The smallest absolute Gasteiger partial charge is 0.188 e. The van der Waals surface area contributed by atoms with Crippen LogP contribution in [0.15, 0.2) is 4.99 Å². The third-order valence-electron chi connectivity index (χ3n) is 4.99. The minimum absolute atomic E-state index is 0.469. The van der Waals surface area contributed by atoms with Crippen molar-refractivity contribution in [2.24, 2.45) is 28.0 Å². The average Bonchev–Trinajstić information content (AvgIpc) is 2.90. The molecule has 0 aromatic rings. The molecule has 2 rings (SSSR count). The number of guanidine groups is 1. The molecule has 0 heterocycles. The maximum Gasteiger partial charge on any atom is 0.188 e. The van der Waals surface area contributed by atoms with Gasteiger partial charge in [-0.3, -0.25) is 4.99 Å². The molecule has 2 atom stereocenters. The first-order valence-corrected chi connectivity index (χ1v) is 7.15. The molecule has 0 bridgehead atoms. The summed E-state index contributed by atoms with van der Waals surface area (Å²) >= 11 is 0. The molecule has 0 aromatic heterocycles. The Kier molecular flexibility index (Phi) is 3.64. The lowest BCUT2D eigenvalue weighted by Crippen LogP contribution is -2.37. The van der Waals surface area contributed by atoms with Crippen LogP contribution in [0.1, 0.15) is 52.9 Å². The van der Waals surface area contributed by atoms with Crippen molar-refractivity contribution in [1.29, 1.82) is 0 Å². The number of nitrogens with zero attached hydrogens (tertiary/aromatic N) is 1. The Hall–Kier alpha value is -0.730. The molecule has 2 aliphatic rings. The van der Waals surface area contributed by atoms with Gasteiger partial charge in [0, 0.05) is 12.6 Å². The Bertz CT molecular complexity index is 294. The lowest BCUT2D eigenvalue weighted by Gasteiger charge is -2.23. The van der Waals surface area contributed by atoms with Crippen LogP contribution in [0.2, 0.25) is 0 Å². The lowest BCUT2D eigenvalue weighted by atomic mass is 9.86. The number of hydrogen-bond acceptors (Lipinski definition) is 1. The van der Waals surface area contributed by atoms with Gasteiger partial charge in [0.15, 0.2) is 5.96 Å². The predicted molar refractivity (Wildman–Crippen MR) is 72.9 cm³/mol. The van der Waals surface area contributed by atoms with Crippen LogP contribution in [0.4, 0.5) is 0 Å². The van der Waals surface area contributed by atoms with E-state index in [4.69, 9.17) is 5.73 Å². The highest BCUT2D eigenvalue weighted by Crippen LogP contribution is 2.54. The van der Waals surface area contributed by atoms with Crippen LogP contribution in [-0.2, 0) is 0 Å². The molecule has 0 spiro atoms. The van der Waals surface area contributed by atoms with E-state index in [1.807, 2.05) is 0 Å². The van der Waals surface area contributed by atoms with Gasteiger partial charge < -0.3 is 11.1 Å². The zero-order valence-electron chi connectivity index (χ0n) is 11.5. The Morgan fingerprint density at radius 1 is 1.47 bits per heavy atom. The number of nitrogens with two attached hydrogens (primary N) is 1. The number of rotatable bonds is 5. The summed E-state index contributed by atoms with van der Waals surface area (Å²) in [6, 6.07) is 0.553. The van der Waals surface area contributed by atoms with Gasteiger partial charge in [-0.1, -0.05) is 27.2 Å². The summed E-state index contributed by atoms with van der Waals surface area (Å²) in [6.07, 6.45) is 6.54. The molecular formula is C14H27N3. The van der Waals surface area contributed by atoms with E-state index in [1.54, 1.807) is 0 Å². The fourth-order valence-electron chi connectivity index (χ4n) is 3.08. The molecule has 2 aliphatic carbocycles. The van der Waals surface area contributed by atoms with Crippen LogP contribution in [0.5, 0.6) is 0 Å². The van der Waals surface area contributed by atoms with Gasteiger partial charge in [0.05, 0.1) is 0 Å². The van der Waals surface area contributed by atoms with E-state index in [1.165, 1.54) is 32.1 Å². The van der Waals surface area contributed by atoms with E-state index in [9.17, 15) is 0 Å². The Labute approximate surface area is 105 Å². The van der Waals surface area contributed by atoms with Gasteiger partial charge in [-0.25, -0.2) is 0 Å². The van der Waals surface area contributed by atoms with Crippen LogP contribution in [-0.4, -0.2) is 18.5 Å². The fraction of sp³-hybridized carbons (Fsp3) is 0.929. The molecule has 0 aromatic carbocycles. The van der Waals surface area contributed by atoms with Crippen molar-refractivity contribution in [3.8, 4) is 0 Å². The van der Waals surface area contributed by atoms with Gasteiger partial charge in [-0.15, -0.1) is 0 Å². The lowest BCUT2D eigenvalue weighted by molar-refractivity contribution is 0.323. The molecule has 2 fully saturated rings. The van der Waals surface area contributed by atoms with Crippen LogP contribution < -0.4 is 11.1 Å². The fourth-order valence-corrected chi connectivity index (χ4v) is 3.08. The van der Waals surface area contributed by atoms with Crippen molar-refractivity contribution in [3.63, 3.8) is 0 Å². The van der Waals surface area contributed by atoms with Gasteiger partial charge in [-0.05, 0) is 42.9 Å². The quantitative estimate of drug-likeness (QED) is 0.570. The van der Waals surface area contributed by atoms with Gasteiger partial charge in [-0.2, -0.15) is 0 Å². The van der Waals surface area contributed by atoms with Gasteiger partial charge in [0.25, 0.3) is 0 Å². The second kappa shape index (κ2) is 4.87. The molecule has 3 N–H and O–H groups in total. The topological polar surface area (TPSA) is 50.4 Å². The molecule has 0 saturated heterocycles. The highest BCUT2D eigenvalue weighted by molar-refractivity contribution is 5.78. The molecule has 0 aliphatic heterocycles. The molecule has 2 unspecified atom stereocenters. The molecule has 98 valence electrons. The van der Waals surface area contributed by atoms with E-state index < -0.39 is 0 Å². The first kappa shape index (κ1) is 12.7. The van der Waals surface area contributed by atoms with Crippen LogP contribution in [0.25, 0.3) is 0 Å². The van der Waals surface area contributed by atoms with Crippen LogP contribution >= 0.6 is 0 Å². The van der Waals surface area contributed by atoms with Crippen molar-refractivity contribution in [3.05, 3.63) is 0 Å². The van der Waals surface area contributed by atoms with Crippen molar-refractivity contribution in [1.82, 2.24) is 5.32 Å². The third kappa shape index (κ3) is 2.58. The average molecular weight is 237 g/mol. The predicted octanol–water partition coefficient (Wildman–Crippen LogP) is 2.52. The molecule has 0 radical (unpaired) electrons. The summed E-state index contributed by atoms with van der Waals surface area (Å²) in [6.45, 7) is 7.83. The first-order valence-electron chi connectivity index (χ1n) is 7.15. The summed E-state index contributed by atoms with van der Waals surface area (Å²) in [4.78, 5) is 4.47. The molecular weight excluding hydrogens is 210 g/mol. The molecule has 3 nitrogen and oxygen atoms in total. The highest BCUT2D eigenvalue weighted by Gasteiger charge is 2.54. The first-order chi connectivity index (χ1) is 8.08. The second-order valence-electron chi connectivity index (χ2n) is 6.17. The van der Waals surface area contributed by atoms with Gasteiger partial charge >= 0.3 is 0 Å². The van der Waals surface area contributed by atoms with Gasteiger partial charge in [0.1, 0.15) is 0 Å². The molecule has 3 heteroatoms. The zero-order valence-corrected chi connectivity index (χ0v) is 11.5. The minimum atomic E-state index is 0.469. The summed E-state index contributed by atoms with van der Waals surface area (Å²) in [5.41, 5.74) is 6.43. The standard InChI is InChI=1S/C14H27N3/c1-4-14(10(2)3)8-12(14)17-13(15)16-9-11-6-5-7-11/h10-12H,4-9H2,1-3H3,(H3,15,16,17). The van der Waals surface area contributed by atoms with E-state index >= 15 is 0 Å².